The van der Waals surface area contributed by atoms with Gasteiger partial charge in [-0.1, -0.05) is 19.1 Å². The van der Waals surface area contributed by atoms with Gasteiger partial charge in [-0.05, 0) is 48.4 Å². The summed E-state index contributed by atoms with van der Waals surface area (Å²) in [7, 11) is -7.91. The van der Waals surface area contributed by atoms with E-state index in [1.165, 1.54) is 30.3 Å². The van der Waals surface area contributed by atoms with E-state index in [1.807, 2.05) is 6.07 Å². The first-order valence-corrected chi connectivity index (χ1v) is 13.4. The number of sulfonamides is 1. The van der Waals surface area contributed by atoms with E-state index < -0.39 is 25.8 Å². The lowest BCUT2D eigenvalue weighted by Gasteiger charge is -2.15. The molecule has 0 bridgehead atoms. The summed E-state index contributed by atoms with van der Waals surface area (Å²) in [5, 5.41) is 18.4. The molecule has 0 aliphatic rings. The fourth-order valence-electron chi connectivity index (χ4n) is 3.03. The number of carbonyl (C=O) groups is 1. The number of nitrogens with one attached hydrogen (secondary N) is 1. The normalized spacial score (nSPS) is 11.7. The van der Waals surface area contributed by atoms with Crippen LogP contribution in [0, 0.1) is 11.3 Å². The van der Waals surface area contributed by atoms with E-state index in [-0.39, 0.29) is 21.0 Å². The molecule has 0 aliphatic heterocycles. The van der Waals surface area contributed by atoms with Gasteiger partial charge in [0.05, 0.1) is 21.0 Å². The lowest BCUT2D eigenvalue weighted by molar-refractivity contribution is 0.0696. The van der Waals surface area contributed by atoms with Crippen LogP contribution in [0.5, 0.6) is 0 Å². The molecular formula is C21H18N2O6S3. The van der Waals surface area contributed by atoms with Gasteiger partial charge in [-0.2, -0.15) is 5.26 Å². The molecule has 0 aliphatic carbocycles. The highest BCUT2D eigenvalue weighted by atomic mass is 32.2. The lowest BCUT2D eigenvalue weighted by Crippen LogP contribution is -2.17. The molecule has 0 unspecified atom stereocenters. The topological polar surface area (TPSA) is 141 Å². The van der Waals surface area contributed by atoms with E-state index in [4.69, 9.17) is 5.26 Å². The Hall–Kier alpha value is -3.20. The maximum atomic E-state index is 13.3. The van der Waals surface area contributed by atoms with Gasteiger partial charge in [-0.25, -0.2) is 21.6 Å². The Balaban J connectivity index is 2.19. The van der Waals surface area contributed by atoms with Crippen molar-refractivity contribution >= 4 is 42.9 Å². The predicted octanol–water partition coefficient (Wildman–Crippen LogP) is 3.75. The highest BCUT2D eigenvalue weighted by molar-refractivity contribution is 7.92. The quantitative estimate of drug-likeness (QED) is 0.514. The minimum atomic E-state index is -4.27. The molecule has 0 saturated heterocycles. The van der Waals surface area contributed by atoms with Crippen LogP contribution >= 0.6 is 11.3 Å². The summed E-state index contributed by atoms with van der Waals surface area (Å²) in [6, 6.07) is 13.1. The van der Waals surface area contributed by atoms with Gasteiger partial charge in [-0.15, -0.1) is 11.3 Å². The number of rotatable bonds is 7. The van der Waals surface area contributed by atoms with Crippen molar-refractivity contribution in [1.82, 2.24) is 0 Å². The molecule has 0 atom stereocenters. The number of nitrogens with zero attached hydrogens (tertiary/aromatic N) is 1. The van der Waals surface area contributed by atoms with E-state index in [2.05, 4.69) is 4.72 Å². The molecule has 0 amide bonds. The van der Waals surface area contributed by atoms with Crippen molar-refractivity contribution in [3.05, 3.63) is 64.5 Å². The van der Waals surface area contributed by atoms with Crippen LogP contribution in [0.4, 0.5) is 5.69 Å². The lowest BCUT2D eigenvalue weighted by atomic mass is 10.1. The summed E-state index contributed by atoms with van der Waals surface area (Å²) >= 11 is 1.13. The van der Waals surface area contributed by atoms with Crippen LogP contribution in [0.1, 0.15) is 27.7 Å². The first-order valence-electron chi connectivity index (χ1n) is 9.19. The number of aryl methyl sites for hydroxylation is 1. The van der Waals surface area contributed by atoms with Crippen LogP contribution in [0.3, 0.4) is 0 Å². The molecule has 0 saturated carbocycles. The van der Waals surface area contributed by atoms with Crippen LogP contribution in [0.15, 0.2) is 58.3 Å². The largest absolute Gasteiger partial charge is 0.478 e. The van der Waals surface area contributed by atoms with Gasteiger partial charge in [-0.3, -0.25) is 4.72 Å². The van der Waals surface area contributed by atoms with Crippen molar-refractivity contribution < 1.29 is 26.7 Å². The van der Waals surface area contributed by atoms with E-state index in [9.17, 15) is 26.7 Å². The first-order chi connectivity index (χ1) is 15.0. The summed E-state index contributed by atoms with van der Waals surface area (Å²) in [6.07, 6.45) is 1.34. The Bertz CT molecular complexity index is 1470. The third kappa shape index (κ3) is 4.83. The Morgan fingerprint density at radius 3 is 2.38 bits per heavy atom. The fraction of sp³-hybridized carbons (Fsp3) is 0.143. The number of aromatic carboxylic acids is 1. The summed E-state index contributed by atoms with van der Waals surface area (Å²) in [6.45, 7) is 1.74. The van der Waals surface area contributed by atoms with Crippen molar-refractivity contribution in [2.24, 2.45) is 0 Å². The summed E-state index contributed by atoms with van der Waals surface area (Å²) in [5.74, 6) is -1.27. The molecule has 1 aromatic heterocycles. The minimum absolute atomic E-state index is 0.00189. The Labute approximate surface area is 189 Å². The van der Waals surface area contributed by atoms with Gasteiger partial charge in [0.15, 0.2) is 9.84 Å². The maximum absolute atomic E-state index is 13.3. The Morgan fingerprint density at radius 2 is 1.81 bits per heavy atom. The van der Waals surface area contributed by atoms with Crippen LogP contribution in [-0.4, -0.2) is 34.2 Å². The van der Waals surface area contributed by atoms with Crippen LogP contribution < -0.4 is 4.72 Å². The molecular weight excluding hydrogens is 472 g/mol. The number of hydrogen-bond donors (Lipinski definition) is 2. The molecule has 1 heterocycles. The number of nitriles is 1. The van der Waals surface area contributed by atoms with E-state index >= 15 is 0 Å². The third-order valence-corrected chi connectivity index (χ3v) is 8.21. The van der Waals surface area contributed by atoms with Crippen molar-refractivity contribution in [2.75, 3.05) is 11.0 Å². The summed E-state index contributed by atoms with van der Waals surface area (Å²) in [5.41, 5.74) is 0.609. The van der Waals surface area contributed by atoms with Crippen molar-refractivity contribution in [3.8, 4) is 16.5 Å². The number of hydrogen-bond acceptors (Lipinski definition) is 7. The molecule has 11 heteroatoms. The van der Waals surface area contributed by atoms with E-state index in [0.717, 1.165) is 23.7 Å². The molecule has 0 spiro atoms. The average Bonchev–Trinajstić information content (AvgIpc) is 3.21. The first kappa shape index (κ1) is 23.5. The van der Waals surface area contributed by atoms with Gasteiger partial charge in [0.2, 0.25) is 0 Å². The van der Waals surface area contributed by atoms with Gasteiger partial charge >= 0.3 is 5.97 Å². The number of anilines is 1. The summed E-state index contributed by atoms with van der Waals surface area (Å²) in [4.78, 5) is 12.0. The molecule has 0 fully saturated rings. The number of benzene rings is 2. The number of carboxylic acids is 1. The van der Waals surface area contributed by atoms with Crippen molar-refractivity contribution in [3.63, 3.8) is 0 Å². The second-order valence-electron chi connectivity index (χ2n) is 6.84. The molecule has 8 nitrogen and oxygen atoms in total. The number of carboxylic acid groups (broad SMARTS) is 1. The molecule has 3 rings (SSSR count). The summed E-state index contributed by atoms with van der Waals surface area (Å²) < 4.78 is 53.1. The SMILES string of the molecule is CCc1ccc(C(=O)O)cc1S(=O)(=O)Nc1cc(S(C)(=O)=O)ccc1-c1ccc(C#N)s1. The molecule has 2 N–H and O–H groups in total. The van der Waals surface area contributed by atoms with Gasteiger partial charge in [0.1, 0.15) is 10.9 Å². The highest BCUT2D eigenvalue weighted by Crippen LogP contribution is 2.36. The number of sulfone groups is 1. The molecule has 0 radical (unpaired) electrons. The van der Waals surface area contributed by atoms with Crippen molar-refractivity contribution in [2.45, 2.75) is 23.1 Å². The zero-order valence-electron chi connectivity index (χ0n) is 17.0. The monoisotopic (exact) mass is 490 g/mol. The Kier molecular flexibility index (Phi) is 6.41. The second kappa shape index (κ2) is 8.74. The average molecular weight is 491 g/mol. The van der Waals surface area contributed by atoms with Gasteiger partial charge in [0, 0.05) is 16.7 Å². The van der Waals surface area contributed by atoms with Crippen LogP contribution in [0.2, 0.25) is 0 Å². The minimum Gasteiger partial charge on any atom is -0.478 e. The highest BCUT2D eigenvalue weighted by Gasteiger charge is 2.23. The fourth-order valence-corrected chi connectivity index (χ4v) is 5.92. The van der Waals surface area contributed by atoms with Gasteiger partial charge < -0.3 is 5.11 Å². The van der Waals surface area contributed by atoms with E-state index in [0.29, 0.717) is 27.3 Å². The third-order valence-electron chi connectivity index (χ3n) is 4.63. The Morgan fingerprint density at radius 1 is 1.09 bits per heavy atom. The molecule has 32 heavy (non-hydrogen) atoms. The van der Waals surface area contributed by atoms with Crippen molar-refractivity contribution in [1.29, 1.82) is 5.26 Å². The molecule has 2 aromatic carbocycles. The maximum Gasteiger partial charge on any atom is 0.335 e. The van der Waals surface area contributed by atoms with Crippen LogP contribution in [0.25, 0.3) is 10.4 Å². The second-order valence-corrected chi connectivity index (χ2v) is 11.6. The zero-order valence-corrected chi connectivity index (χ0v) is 19.4. The van der Waals surface area contributed by atoms with Gasteiger partial charge in [0.25, 0.3) is 10.0 Å². The number of thiophene rings is 1. The van der Waals surface area contributed by atoms with E-state index in [1.54, 1.807) is 19.1 Å². The van der Waals surface area contributed by atoms with Crippen LogP contribution in [-0.2, 0) is 26.3 Å². The molecule has 3 aromatic rings. The smallest absolute Gasteiger partial charge is 0.335 e. The molecule has 166 valence electrons. The predicted molar refractivity (Wildman–Crippen MR) is 121 cm³/mol. The standard InChI is InChI=1S/C21H18N2O6S3/c1-3-13-4-5-14(21(24)25)10-20(13)32(28,29)23-18-11-16(31(2,26)27)7-8-17(18)19-9-6-15(12-22)30-19/h4-11,23H,3H2,1-2H3,(H,24,25). The zero-order chi connectivity index (χ0) is 23.7.